The number of hydrogen-bond acceptors (Lipinski definition) is 21. The normalized spacial score (nSPS) is 21.2. The van der Waals surface area contributed by atoms with Gasteiger partial charge >= 0.3 is 0 Å². The first-order chi connectivity index (χ1) is 54.3. The van der Waals surface area contributed by atoms with Crippen molar-refractivity contribution in [3.63, 3.8) is 0 Å². The minimum Gasteiger partial charge on any atom is -0.384 e. The fourth-order valence-corrected chi connectivity index (χ4v) is 17.7. The molecule has 7 amide bonds. The Morgan fingerprint density at radius 1 is 0.430 bits per heavy atom. The van der Waals surface area contributed by atoms with Gasteiger partial charge < -0.3 is 59.0 Å². The average molecular weight is 1770 g/mol. The highest BCUT2D eigenvalue weighted by molar-refractivity contribution is 9.10. The molecule has 0 spiro atoms. The molecule has 3 aliphatic heterocycles. The van der Waals surface area contributed by atoms with Crippen molar-refractivity contribution < 1.29 is 38.4 Å². The molecule has 32 nitrogen and oxygen atoms in total. The number of aromatic amines is 1. The molecular weight excluding hydrogens is 1690 g/mol. The van der Waals surface area contributed by atoms with Crippen molar-refractivity contribution >= 4 is 172 Å². The fourth-order valence-electron chi connectivity index (χ4n) is 15.6. The van der Waals surface area contributed by atoms with Gasteiger partial charge in [-0.15, -0.1) is 0 Å². The SMILES string of the molecule is CC(=O)C1CCCC1.CC1(C2CCCC2)NC(=O)c2c(Cl)cc(Br)c(=O)n21.CC1(C2CCCC2)NC(=O)c2c(Cl)cc(Nc3cc(NC(=O)C4CC4)ncn3)c(=O)n21.CC1(C2CCCC2)NC(=O)c2c(Cl)cc(Nc3cc(NC(=O)C4CC4)ncn3)c(=O)n21.NC(=O)c1[nH]c(=O)c(Br)cc1Cl.Nc1cc(NC(=O)C2CC2)ncn1. The molecule has 3 atom stereocenters. The maximum atomic E-state index is 13.4. The molecule has 10 heterocycles. The molecule has 13 N–H and O–H groups in total. The van der Waals surface area contributed by atoms with Gasteiger partial charge in [0, 0.05) is 59.6 Å². The molecular formula is C76H86Br2Cl4N20O12. The number of Topliss-reactive ketones (excluding diaryl/α,β-unsaturated/α-hetero) is 1. The molecule has 114 heavy (non-hydrogen) atoms. The van der Waals surface area contributed by atoms with E-state index in [1.807, 2.05) is 20.8 Å². The van der Waals surface area contributed by atoms with Gasteiger partial charge in [0.2, 0.25) is 17.7 Å². The molecule has 0 radical (unpaired) electrons. The Bertz CT molecular complexity index is 5050. The number of aromatic nitrogens is 10. The van der Waals surface area contributed by atoms with Gasteiger partial charge in [-0.25, -0.2) is 29.9 Å². The molecule has 7 aliphatic carbocycles. The first-order valence-electron chi connectivity index (χ1n) is 37.8. The van der Waals surface area contributed by atoms with Gasteiger partial charge in [0.05, 0.1) is 29.0 Å². The van der Waals surface area contributed by atoms with E-state index in [1.165, 1.54) is 69.8 Å². The first kappa shape index (κ1) is 83.9. The quantitative estimate of drug-likeness (QED) is 0.0454. The van der Waals surface area contributed by atoms with Crippen molar-refractivity contribution in [1.82, 2.24) is 64.5 Å². The summed E-state index contributed by atoms with van der Waals surface area (Å²) in [7, 11) is 0. The topological polar surface area (TPSA) is 461 Å². The second-order valence-electron chi connectivity index (χ2n) is 30.4. The number of ketones is 1. The summed E-state index contributed by atoms with van der Waals surface area (Å²) in [6.45, 7) is 7.39. The largest absolute Gasteiger partial charge is 0.384 e. The highest BCUT2D eigenvalue weighted by Gasteiger charge is 2.51. The highest BCUT2D eigenvalue weighted by Crippen LogP contribution is 2.45. The van der Waals surface area contributed by atoms with Crippen molar-refractivity contribution in [1.29, 1.82) is 0 Å². The minimum absolute atomic E-state index is 0.0260. The molecule has 7 saturated carbocycles. The van der Waals surface area contributed by atoms with Gasteiger partial charge in [-0.05, 0) is 174 Å². The van der Waals surface area contributed by atoms with Crippen LogP contribution in [0.25, 0.3) is 0 Å². The van der Waals surface area contributed by atoms with E-state index in [9.17, 15) is 57.5 Å². The Labute approximate surface area is 690 Å². The summed E-state index contributed by atoms with van der Waals surface area (Å²) in [6, 6.07) is 10.4. The van der Waals surface area contributed by atoms with Gasteiger partial charge in [0.25, 0.3) is 45.9 Å². The van der Waals surface area contributed by atoms with Crippen LogP contribution in [0.3, 0.4) is 0 Å². The summed E-state index contributed by atoms with van der Waals surface area (Å²) < 4.78 is 5.18. The van der Waals surface area contributed by atoms with E-state index in [0.29, 0.717) is 56.1 Å². The summed E-state index contributed by atoms with van der Waals surface area (Å²) >= 11 is 30.8. The van der Waals surface area contributed by atoms with Crippen LogP contribution in [0.15, 0.2) is 89.6 Å². The van der Waals surface area contributed by atoms with Crippen molar-refractivity contribution in [3.8, 4) is 0 Å². The number of rotatable bonds is 15. The standard InChI is InChI=1S/2C21H23ClN6O3.C13H14BrClN2O2.C8H10N4O.C7H12O.C6H4BrClN2O2/c2*1-21(12-4-2-3-5-12)27-19(30)17-13(22)8-14(20(31)28(17)21)25-15-9-16(24-10-23-15)26-18(29)11-6-7-11;1-13(7-4-2-3-5-7)16-11(18)10-9(15)6-8(14)12(19)17(10)13;9-6-3-7(11-4-10-6)12-8(13)5-1-2-5;1-6(8)7-4-2-3-5-7;7-2-1-3(8)4(5(9)11)10-6(2)12/h2*8-12H,2-7H2,1H3,(H,27,30)(H2,23,24,25,26,29);6-7H,2-5H2,1H3,(H,16,18);3-5H,1-2H2,(H3,9,10,11,12,13);7H,2-5H2,1H3;1H,(H2,9,11)(H,10,12). The van der Waals surface area contributed by atoms with E-state index in [4.69, 9.17) is 57.9 Å². The third-order valence-electron chi connectivity index (χ3n) is 22.3. The Morgan fingerprint density at radius 2 is 0.754 bits per heavy atom. The van der Waals surface area contributed by atoms with Crippen LogP contribution in [0, 0.1) is 41.4 Å². The third kappa shape index (κ3) is 18.9. The molecule has 10 aliphatic rings. The Kier molecular flexibility index (Phi) is 26.0. The number of H-pyrrole nitrogens is 1. The lowest BCUT2D eigenvalue weighted by Crippen LogP contribution is -2.50. The fraction of sp³-hybridized carbons (Fsp3) is 0.474. The van der Waals surface area contributed by atoms with Gasteiger partial charge in [-0.3, -0.25) is 71.2 Å². The number of carbonyl (C=O) groups is 8. The Hall–Kier alpha value is -9.48. The van der Waals surface area contributed by atoms with E-state index >= 15 is 0 Å². The van der Waals surface area contributed by atoms with Crippen molar-refractivity contribution in [3.05, 3.63) is 155 Å². The second-order valence-corrected chi connectivity index (χ2v) is 33.8. The number of primary amides is 1. The van der Waals surface area contributed by atoms with Crippen LogP contribution >= 0.6 is 78.3 Å². The van der Waals surface area contributed by atoms with Crippen LogP contribution in [0.2, 0.25) is 20.1 Å². The number of nitrogen functional groups attached to an aromatic ring is 1. The number of nitrogens with zero attached hydrogens (tertiary/aromatic N) is 9. The van der Waals surface area contributed by atoms with E-state index in [2.05, 4.69) is 109 Å². The monoisotopic (exact) mass is 1770 g/mol. The molecule has 0 aromatic carbocycles. The van der Waals surface area contributed by atoms with Crippen LogP contribution in [0.5, 0.6) is 0 Å². The lowest BCUT2D eigenvalue weighted by Gasteiger charge is -2.33. The van der Waals surface area contributed by atoms with E-state index in [0.717, 1.165) is 128 Å². The lowest BCUT2D eigenvalue weighted by atomic mass is 9.92. The number of amides is 7. The molecule has 38 heteroatoms. The molecule has 0 saturated heterocycles. The number of halogens is 6. The highest BCUT2D eigenvalue weighted by atomic mass is 79.9. The zero-order valence-electron chi connectivity index (χ0n) is 62.7. The van der Waals surface area contributed by atoms with Crippen LogP contribution < -0.4 is 76.2 Å². The number of hydrogen-bond donors (Lipinski definition) is 11. The zero-order valence-corrected chi connectivity index (χ0v) is 68.9. The molecule has 7 fully saturated rings. The second kappa shape index (κ2) is 35.3. The third-order valence-corrected chi connectivity index (χ3v) is 24.6. The van der Waals surface area contributed by atoms with Gasteiger partial charge in [0.1, 0.15) is 111 Å². The van der Waals surface area contributed by atoms with Crippen molar-refractivity contribution in [2.75, 3.05) is 32.3 Å². The van der Waals surface area contributed by atoms with E-state index in [1.54, 1.807) is 25.1 Å². The van der Waals surface area contributed by atoms with Gasteiger partial charge in [-0.2, -0.15) is 0 Å². The lowest BCUT2D eigenvalue weighted by molar-refractivity contribution is -0.120. The Balaban J connectivity index is 0.000000134. The van der Waals surface area contributed by atoms with Crippen LogP contribution in [-0.4, -0.2) is 95.7 Å². The van der Waals surface area contributed by atoms with Gasteiger partial charge in [-0.1, -0.05) is 97.8 Å². The van der Waals surface area contributed by atoms with Gasteiger partial charge in [0.15, 0.2) is 0 Å². The number of anilines is 8. The number of nitrogens with two attached hydrogens (primary N) is 2. The number of pyridine rings is 4. The predicted molar refractivity (Wildman–Crippen MR) is 436 cm³/mol. The number of carbonyl (C=O) groups excluding carboxylic acids is 8. The summed E-state index contributed by atoms with van der Waals surface area (Å²) in [5.41, 5.74) is 7.68. The summed E-state index contributed by atoms with van der Waals surface area (Å²) in [6.07, 6.45) is 26.7. The molecule has 3 unspecified atom stereocenters. The minimum atomic E-state index is -0.823. The summed E-state index contributed by atoms with van der Waals surface area (Å²) in [5, 5.41) is 23.9. The number of fused-ring (bicyclic) bond motifs is 3. The van der Waals surface area contributed by atoms with Crippen LogP contribution in [0.1, 0.15) is 211 Å². The zero-order chi connectivity index (χ0) is 81.8. The van der Waals surface area contributed by atoms with Crippen LogP contribution in [0.4, 0.5) is 46.3 Å². The average Bonchev–Trinajstić information content (AvgIpc) is 1.58. The maximum absolute atomic E-state index is 13.4. The molecule has 7 aromatic heterocycles. The Morgan fingerprint density at radius 3 is 1.10 bits per heavy atom. The predicted octanol–water partition coefficient (Wildman–Crippen LogP) is 11.9. The molecule has 0 bridgehead atoms. The summed E-state index contributed by atoms with van der Waals surface area (Å²) in [4.78, 5) is 170. The van der Waals surface area contributed by atoms with E-state index in [-0.39, 0.29) is 141 Å². The molecule has 17 rings (SSSR count). The first-order valence-corrected chi connectivity index (χ1v) is 40.9. The maximum Gasteiger partial charge on any atom is 0.276 e. The molecule has 604 valence electrons. The smallest absolute Gasteiger partial charge is 0.276 e. The number of nitrogens with one attached hydrogen (secondary N) is 9. The van der Waals surface area contributed by atoms with Crippen molar-refractivity contribution in [2.45, 2.75) is 186 Å². The molecule has 7 aromatic rings. The summed E-state index contributed by atoms with van der Waals surface area (Å²) in [5.74, 6) is 2.11. The van der Waals surface area contributed by atoms with Crippen LogP contribution in [-0.2, 0) is 36.2 Å². The van der Waals surface area contributed by atoms with Crippen molar-refractivity contribution in [2.24, 2.45) is 47.2 Å². The van der Waals surface area contributed by atoms with E-state index < -0.39 is 28.5 Å².